The lowest BCUT2D eigenvalue weighted by Crippen LogP contribution is -2.32. The highest BCUT2D eigenvalue weighted by Crippen LogP contribution is 2.27. The molecule has 1 saturated heterocycles. The number of likely N-dealkylation sites (tertiary alicyclic amines) is 1. The van der Waals surface area contributed by atoms with Gasteiger partial charge in [0.05, 0.1) is 21.7 Å². The Morgan fingerprint density at radius 1 is 1.00 bits per heavy atom. The van der Waals surface area contributed by atoms with Gasteiger partial charge in [0.1, 0.15) is 0 Å². The molecule has 1 heterocycles. The number of amides is 2. The summed E-state index contributed by atoms with van der Waals surface area (Å²) in [5.74, 6) is -0.890. The number of rotatable bonds is 6. The van der Waals surface area contributed by atoms with Crippen LogP contribution in [-0.4, -0.2) is 44.5 Å². The maximum atomic E-state index is 13.1. The van der Waals surface area contributed by atoms with Crippen LogP contribution in [0.1, 0.15) is 46.4 Å². The molecule has 2 aromatic rings. The third-order valence-corrected chi connectivity index (χ3v) is 7.20. The fourth-order valence-electron chi connectivity index (χ4n) is 3.46. The number of thioether (sulfide) groups is 1. The lowest BCUT2D eigenvalue weighted by molar-refractivity contribution is 0.0757. The van der Waals surface area contributed by atoms with Crippen molar-refractivity contribution in [1.82, 2.24) is 4.90 Å². The van der Waals surface area contributed by atoms with Crippen molar-refractivity contribution in [3.63, 3.8) is 0 Å². The number of carbonyl (C=O) groups excluding carboxylic acids is 2. The van der Waals surface area contributed by atoms with E-state index in [0.29, 0.717) is 18.7 Å². The molecular weight excluding hydrogens is 422 g/mol. The largest absolute Gasteiger partial charge is 0.366 e. The average molecular weight is 448 g/mol. The molecule has 0 atom stereocenters. The quantitative estimate of drug-likeness (QED) is 0.660. The first-order valence-corrected chi connectivity index (χ1v) is 12.4. The van der Waals surface area contributed by atoms with Gasteiger partial charge in [-0.1, -0.05) is 25.0 Å². The Morgan fingerprint density at radius 2 is 1.67 bits per heavy atom. The Morgan fingerprint density at radius 3 is 2.30 bits per heavy atom. The zero-order valence-corrected chi connectivity index (χ0v) is 18.4. The van der Waals surface area contributed by atoms with Gasteiger partial charge in [-0.05, 0) is 49.4 Å². The maximum Gasteiger partial charge on any atom is 0.261 e. The number of sulfonamides is 1. The molecule has 7 nitrogen and oxygen atoms in total. The van der Waals surface area contributed by atoms with E-state index in [1.54, 1.807) is 23.1 Å². The zero-order chi connectivity index (χ0) is 21.7. The van der Waals surface area contributed by atoms with E-state index in [4.69, 9.17) is 5.73 Å². The van der Waals surface area contributed by atoms with Crippen molar-refractivity contribution in [1.29, 1.82) is 0 Å². The topological polar surface area (TPSA) is 110 Å². The molecule has 160 valence electrons. The predicted octanol–water partition coefficient (Wildman–Crippen LogP) is 3.32. The molecule has 9 heteroatoms. The van der Waals surface area contributed by atoms with Gasteiger partial charge in [0.25, 0.3) is 21.8 Å². The lowest BCUT2D eigenvalue weighted by Gasteiger charge is -2.22. The van der Waals surface area contributed by atoms with Crippen LogP contribution in [0.25, 0.3) is 0 Å². The van der Waals surface area contributed by atoms with E-state index in [1.165, 1.54) is 36.0 Å². The van der Waals surface area contributed by atoms with Crippen molar-refractivity contribution in [3.05, 3.63) is 53.6 Å². The molecule has 1 aliphatic heterocycles. The number of hydrogen-bond donors (Lipinski definition) is 2. The van der Waals surface area contributed by atoms with E-state index in [1.807, 2.05) is 6.26 Å². The van der Waals surface area contributed by atoms with Crippen LogP contribution < -0.4 is 10.5 Å². The Bertz CT molecular complexity index is 1050. The fourth-order valence-corrected chi connectivity index (χ4v) is 5.13. The SMILES string of the molecule is CSc1ccc(S(=O)(=O)Nc2ccccc2C(N)=O)cc1C(=O)N1CCCCCC1. The molecule has 0 spiro atoms. The highest BCUT2D eigenvalue weighted by Gasteiger charge is 2.24. The molecule has 2 amide bonds. The summed E-state index contributed by atoms with van der Waals surface area (Å²) >= 11 is 1.40. The first-order valence-electron chi connectivity index (χ1n) is 9.72. The van der Waals surface area contributed by atoms with E-state index >= 15 is 0 Å². The molecule has 1 fully saturated rings. The summed E-state index contributed by atoms with van der Waals surface area (Å²) in [7, 11) is -4.03. The molecule has 0 saturated carbocycles. The smallest absolute Gasteiger partial charge is 0.261 e. The maximum absolute atomic E-state index is 13.1. The van der Waals surface area contributed by atoms with Gasteiger partial charge in [0, 0.05) is 18.0 Å². The average Bonchev–Trinajstić information content (AvgIpc) is 3.02. The molecule has 2 aromatic carbocycles. The number of nitrogens with zero attached hydrogens (tertiary/aromatic N) is 1. The summed E-state index contributed by atoms with van der Waals surface area (Å²) in [5, 5.41) is 0. The number of benzene rings is 2. The van der Waals surface area contributed by atoms with Gasteiger partial charge in [0.2, 0.25) is 0 Å². The van der Waals surface area contributed by atoms with Gasteiger partial charge in [-0.25, -0.2) is 8.42 Å². The highest BCUT2D eigenvalue weighted by atomic mass is 32.2. The van der Waals surface area contributed by atoms with Gasteiger partial charge in [-0.3, -0.25) is 14.3 Å². The minimum atomic E-state index is -4.03. The third-order valence-electron chi connectivity index (χ3n) is 5.04. The van der Waals surface area contributed by atoms with Crippen molar-refractivity contribution in [2.75, 3.05) is 24.1 Å². The molecule has 3 N–H and O–H groups in total. The van der Waals surface area contributed by atoms with Crippen LogP contribution in [0.2, 0.25) is 0 Å². The fraction of sp³-hybridized carbons (Fsp3) is 0.333. The summed E-state index contributed by atoms with van der Waals surface area (Å²) in [4.78, 5) is 27.2. The standard InChI is InChI=1S/C21H25N3O4S2/c1-29-19-11-10-15(14-17(19)21(26)24-12-6-2-3-7-13-24)30(27,28)23-18-9-5-4-8-16(18)20(22)25/h4-5,8-11,14,23H,2-3,6-7,12-13H2,1H3,(H2,22,25). The molecule has 0 aromatic heterocycles. The number of primary amides is 1. The Kier molecular flexibility index (Phi) is 7.04. The van der Waals surface area contributed by atoms with Crippen LogP contribution in [0, 0.1) is 0 Å². The molecule has 30 heavy (non-hydrogen) atoms. The summed E-state index contributed by atoms with van der Waals surface area (Å²) < 4.78 is 28.4. The monoisotopic (exact) mass is 447 g/mol. The van der Waals surface area contributed by atoms with Crippen LogP contribution in [0.3, 0.4) is 0 Å². The van der Waals surface area contributed by atoms with Gasteiger partial charge in [0.15, 0.2) is 0 Å². The first-order chi connectivity index (χ1) is 14.3. The van der Waals surface area contributed by atoms with Crippen LogP contribution in [0.15, 0.2) is 52.3 Å². The van der Waals surface area contributed by atoms with Crippen molar-refractivity contribution in [2.24, 2.45) is 5.73 Å². The third kappa shape index (κ3) is 4.96. The number of nitrogens with two attached hydrogens (primary N) is 1. The minimum Gasteiger partial charge on any atom is -0.366 e. The Labute approximate surface area is 181 Å². The van der Waals surface area contributed by atoms with Crippen molar-refractivity contribution in [2.45, 2.75) is 35.5 Å². The second-order valence-corrected chi connectivity index (χ2v) is 9.61. The highest BCUT2D eigenvalue weighted by molar-refractivity contribution is 7.98. The van der Waals surface area contributed by atoms with Crippen LogP contribution in [-0.2, 0) is 10.0 Å². The van der Waals surface area contributed by atoms with Crippen LogP contribution >= 0.6 is 11.8 Å². The van der Waals surface area contributed by atoms with Crippen molar-refractivity contribution < 1.29 is 18.0 Å². The summed E-state index contributed by atoms with van der Waals surface area (Å²) in [6, 6.07) is 10.6. The normalized spacial score (nSPS) is 14.8. The second-order valence-electron chi connectivity index (χ2n) is 7.08. The van der Waals surface area contributed by atoms with Crippen molar-refractivity contribution in [3.8, 4) is 0 Å². The van der Waals surface area contributed by atoms with E-state index in [0.717, 1.165) is 30.6 Å². The van der Waals surface area contributed by atoms with Crippen LogP contribution in [0.5, 0.6) is 0 Å². The number of nitrogens with one attached hydrogen (secondary N) is 1. The zero-order valence-electron chi connectivity index (χ0n) is 16.8. The first kappa shape index (κ1) is 22.2. The lowest BCUT2D eigenvalue weighted by atomic mass is 10.2. The summed E-state index contributed by atoms with van der Waals surface area (Å²) in [6.07, 6.45) is 5.94. The molecule has 0 unspecified atom stereocenters. The second kappa shape index (κ2) is 9.53. The molecule has 0 radical (unpaired) electrons. The molecule has 3 rings (SSSR count). The summed E-state index contributed by atoms with van der Waals surface area (Å²) in [6.45, 7) is 1.35. The van der Waals surface area contributed by atoms with Gasteiger partial charge >= 0.3 is 0 Å². The molecule has 0 aliphatic carbocycles. The van der Waals surface area contributed by atoms with E-state index in [9.17, 15) is 18.0 Å². The summed E-state index contributed by atoms with van der Waals surface area (Å²) in [5.41, 5.74) is 5.88. The van der Waals surface area contributed by atoms with Crippen LogP contribution in [0.4, 0.5) is 5.69 Å². The van der Waals surface area contributed by atoms with E-state index in [-0.39, 0.29) is 22.1 Å². The molecular formula is C21H25N3O4S2. The number of anilines is 1. The minimum absolute atomic E-state index is 0.0438. The van der Waals surface area contributed by atoms with E-state index in [2.05, 4.69) is 4.72 Å². The van der Waals surface area contributed by atoms with Gasteiger partial charge in [-0.2, -0.15) is 0 Å². The number of carbonyl (C=O) groups is 2. The molecule has 1 aliphatic rings. The predicted molar refractivity (Wildman–Crippen MR) is 118 cm³/mol. The Hall–Kier alpha value is -2.52. The molecule has 0 bridgehead atoms. The number of para-hydroxylation sites is 1. The van der Waals surface area contributed by atoms with Gasteiger partial charge < -0.3 is 10.6 Å². The Balaban J connectivity index is 1.95. The number of hydrogen-bond acceptors (Lipinski definition) is 5. The van der Waals surface area contributed by atoms with Crippen molar-refractivity contribution >= 4 is 39.3 Å². The van der Waals surface area contributed by atoms with E-state index < -0.39 is 15.9 Å². The van der Waals surface area contributed by atoms with Gasteiger partial charge in [-0.15, -0.1) is 11.8 Å².